The molecule has 1 aromatic carbocycles. The molecule has 4 nitrogen and oxygen atoms in total. The fourth-order valence-corrected chi connectivity index (χ4v) is 4.23. The Kier molecular flexibility index (Phi) is 3.61. The second-order valence-corrected chi connectivity index (χ2v) is 7.25. The number of aryl methyl sites for hydroxylation is 1. The Morgan fingerprint density at radius 3 is 3.04 bits per heavy atom. The summed E-state index contributed by atoms with van der Waals surface area (Å²) in [6.07, 6.45) is 7.48. The van der Waals surface area contributed by atoms with Crippen molar-refractivity contribution < 1.29 is 4.74 Å². The minimum atomic E-state index is 0.459. The van der Waals surface area contributed by atoms with Crippen LogP contribution in [0, 0.1) is 6.92 Å². The summed E-state index contributed by atoms with van der Waals surface area (Å²) < 4.78 is 5.76. The van der Waals surface area contributed by atoms with E-state index in [2.05, 4.69) is 40.4 Å². The molecule has 0 spiro atoms. The first-order valence-corrected chi connectivity index (χ1v) is 9.20. The number of fused-ring (bicyclic) bond motifs is 2. The summed E-state index contributed by atoms with van der Waals surface area (Å²) in [5.41, 5.74) is 8.96. The van der Waals surface area contributed by atoms with Crippen molar-refractivity contribution in [2.45, 2.75) is 38.8 Å². The molecule has 1 atom stereocenters. The first-order valence-electron chi connectivity index (χ1n) is 9.20. The molecule has 3 aromatic rings. The molecule has 0 aliphatic carbocycles. The third-order valence-electron chi connectivity index (χ3n) is 5.65. The topological polar surface area (TPSA) is 49.9 Å². The van der Waals surface area contributed by atoms with E-state index in [-0.39, 0.29) is 0 Å². The Bertz CT molecular complexity index is 938. The number of hydrogen-bond acceptors (Lipinski definition) is 3. The van der Waals surface area contributed by atoms with Gasteiger partial charge >= 0.3 is 0 Å². The standard InChI is InChI=1S/C21H23N3O/c1-13-10-23-21-17(13)9-16(11-24-21)15-7-14-4-6-25-12-19(14)18(8-15)20-3-2-5-22-20/h7-11,20,22H,2-6,12H2,1H3,(H,23,24)/t20-/m0/s1. The van der Waals surface area contributed by atoms with E-state index in [9.17, 15) is 0 Å². The second-order valence-electron chi connectivity index (χ2n) is 7.25. The number of rotatable bonds is 2. The van der Waals surface area contributed by atoms with Gasteiger partial charge < -0.3 is 15.0 Å². The lowest BCUT2D eigenvalue weighted by Gasteiger charge is -2.24. The molecule has 0 saturated carbocycles. The number of nitrogens with zero attached hydrogens (tertiary/aromatic N) is 1. The maximum absolute atomic E-state index is 5.76. The Hall–Kier alpha value is -2.17. The Morgan fingerprint density at radius 2 is 2.16 bits per heavy atom. The zero-order valence-electron chi connectivity index (χ0n) is 14.6. The van der Waals surface area contributed by atoms with Crippen molar-refractivity contribution in [3.8, 4) is 11.1 Å². The lowest BCUT2D eigenvalue weighted by Crippen LogP contribution is -2.19. The Labute approximate surface area is 147 Å². The van der Waals surface area contributed by atoms with Gasteiger partial charge in [0.05, 0.1) is 13.2 Å². The van der Waals surface area contributed by atoms with Crippen molar-refractivity contribution in [2.75, 3.05) is 13.2 Å². The lowest BCUT2D eigenvalue weighted by atomic mass is 9.88. The van der Waals surface area contributed by atoms with Crippen molar-refractivity contribution in [2.24, 2.45) is 0 Å². The van der Waals surface area contributed by atoms with E-state index in [0.717, 1.165) is 31.8 Å². The summed E-state index contributed by atoms with van der Waals surface area (Å²) in [5.74, 6) is 0. The van der Waals surface area contributed by atoms with E-state index in [1.165, 1.54) is 51.6 Å². The van der Waals surface area contributed by atoms with Gasteiger partial charge in [-0.25, -0.2) is 4.98 Å². The average molecular weight is 333 g/mol. The highest BCUT2D eigenvalue weighted by Crippen LogP contribution is 2.35. The fourth-order valence-electron chi connectivity index (χ4n) is 4.23. The van der Waals surface area contributed by atoms with Crippen LogP contribution in [-0.2, 0) is 17.8 Å². The highest BCUT2D eigenvalue weighted by Gasteiger charge is 2.24. The van der Waals surface area contributed by atoms with E-state index >= 15 is 0 Å². The number of aromatic amines is 1. The molecule has 2 aliphatic rings. The van der Waals surface area contributed by atoms with Gasteiger partial charge in [0.25, 0.3) is 0 Å². The minimum absolute atomic E-state index is 0.459. The third kappa shape index (κ3) is 2.57. The lowest BCUT2D eigenvalue weighted by molar-refractivity contribution is 0.109. The molecule has 1 fully saturated rings. The van der Waals surface area contributed by atoms with Gasteiger partial charge in [0.15, 0.2) is 0 Å². The van der Waals surface area contributed by atoms with Crippen LogP contribution in [-0.4, -0.2) is 23.1 Å². The first kappa shape index (κ1) is 15.1. The van der Waals surface area contributed by atoms with Crippen LogP contribution < -0.4 is 5.32 Å². The maximum atomic E-state index is 5.76. The zero-order chi connectivity index (χ0) is 16.8. The van der Waals surface area contributed by atoms with Gasteiger partial charge in [-0.1, -0.05) is 6.07 Å². The highest BCUT2D eigenvalue weighted by molar-refractivity contribution is 5.84. The van der Waals surface area contributed by atoms with Gasteiger partial charge in [-0.05, 0) is 72.7 Å². The van der Waals surface area contributed by atoms with Gasteiger partial charge in [-0.2, -0.15) is 0 Å². The van der Waals surface area contributed by atoms with Crippen LogP contribution in [0.1, 0.15) is 41.1 Å². The maximum Gasteiger partial charge on any atom is 0.137 e. The average Bonchev–Trinajstić information content (AvgIpc) is 3.31. The SMILES string of the molecule is Cc1c[nH]c2ncc(-c3cc4c(c([C@@H]5CCCN5)c3)COCC4)cc12. The smallest absolute Gasteiger partial charge is 0.137 e. The molecule has 2 aliphatic heterocycles. The van der Waals surface area contributed by atoms with E-state index < -0.39 is 0 Å². The largest absolute Gasteiger partial charge is 0.376 e. The van der Waals surface area contributed by atoms with Crippen LogP contribution in [0.25, 0.3) is 22.2 Å². The van der Waals surface area contributed by atoms with Crippen molar-refractivity contribution >= 4 is 11.0 Å². The summed E-state index contributed by atoms with van der Waals surface area (Å²) in [6.45, 7) is 4.81. The van der Waals surface area contributed by atoms with Crippen LogP contribution in [0.4, 0.5) is 0 Å². The summed E-state index contributed by atoms with van der Waals surface area (Å²) in [4.78, 5) is 7.86. The molecular weight excluding hydrogens is 310 g/mol. The number of H-pyrrole nitrogens is 1. The molecule has 1 saturated heterocycles. The van der Waals surface area contributed by atoms with Crippen molar-refractivity contribution in [1.29, 1.82) is 0 Å². The Morgan fingerprint density at radius 1 is 1.20 bits per heavy atom. The van der Waals surface area contributed by atoms with Crippen LogP contribution in [0.15, 0.2) is 30.6 Å². The van der Waals surface area contributed by atoms with Crippen LogP contribution in [0.2, 0.25) is 0 Å². The van der Waals surface area contributed by atoms with E-state index in [4.69, 9.17) is 4.74 Å². The Balaban J connectivity index is 1.66. The molecular formula is C21H23N3O. The molecule has 25 heavy (non-hydrogen) atoms. The van der Waals surface area contributed by atoms with Gasteiger partial charge in [0.1, 0.15) is 5.65 Å². The first-order chi connectivity index (χ1) is 12.3. The molecule has 5 rings (SSSR count). The minimum Gasteiger partial charge on any atom is -0.376 e. The highest BCUT2D eigenvalue weighted by atomic mass is 16.5. The quantitative estimate of drug-likeness (QED) is 0.744. The van der Waals surface area contributed by atoms with Gasteiger partial charge in [0.2, 0.25) is 0 Å². The third-order valence-corrected chi connectivity index (χ3v) is 5.65. The molecule has 0 bridgehead atoms. The summed E-state index contributed by atoms with van der Waals surface area (Å²) in [6, 6.07) is 7.44. The predicted octanol–water partition coefficient (Wildman–Crippen LogP) is 4.04. The number of aromatic nitrogens is 2. The van der Waals surface area contributed by atoms with E-state index in [0.29, 0.717) is 6.04 Å². The molecule has 0 amide bonds. The molecule has 4 heterocycles. The van der Waals surface area contributed by atoms with E-state index in [1.54, 1.807) is 0 Å². The summed E-state index contributed by atoms with van der Waals surface area (Å²) in [5, 5.41) is 4.87. The number of ether oxygens (including phenoxy) is 1. The number of nitrogens with one attached hydrogen (secondary N) is 2. The van der Waals surface area contributed by atoms with Crippen molar-refractivity contribution in [1.82, 2.24) is 15.3 Å². The van der Waals surface area contributed by atoms with Gasteiger partial charge in [0, 0.05) is 29.4 Å². The number of pyridine rings is 1. The van der Waals surface area contributed by atoms with Crippen molar-refractivity contribution in [3.05, 3.63) is 52.8 Å². The fraction of sp³-hybridized carbons (Fsp3) is 0.381. The second kappa shape index (κ2) is 5.97. The molecule has 4 heteroatoms. The molecule has 2 N–H and O–H groups in total. The number of hydrogen-bond donors (Lipinski definition) is 2. The van der Waals surface area contributed by atoms with E-state index in [1.807, 2.05) is 12.4 Å². The van der Waals surface area contributed by atoms with Gasteiger partial charge in [-0.15, -0.1) is 0 Å². The zero-order valence-corrected chi connectivity index (χ0v) is 14.6. The number of benzene rings is 1. The van der Waals surface area contributed by atoms with Gasteiger partial charge in [-0.3, -0.25) is 0 Å². The normalized spacial score (nSPS) is 20.1. The molecule has 128 valence electrons. The predicted molar refractivity (Wildman–Crippen MR) is 99.6 cm³/mol. The monoisotopic (exact) mass is 333 g/mol. The summed E-state index contributed by atoms with van der Waals surface area (Å²) >= 11 is 0. The molecule has 0 radical (unpaired) electrons. The molecule has 2 aromatic heterocycles. The van der Waals surface area contributed by atoms with Crippen LogP contribution in [0.5, 0.6) is 0 Å². The summed E-state index contributed by atoms with van der Waals surface area (Å²) in [7, 11) is 0. The van der Waals surface area contributed by atoms with Crippen LogP contribution in [0.3, 0.4) is 0 Å². The molecule has 0 unspecified atom stereocenters. The van der Waals surface area contributed by atoms with Crippen molar-refractivity contribution in [3.63, 3.8) is 0 Å². The van der Waals surface area contributed by atoms with Crippen LogP contribution >= 0.6 is 0 Å².